The molecule has 1 aromatic carbocycles. The van der Waals surface area contributed by atoms with Crippen LogP contribution in [0.15, 0.2) is 28.5 Å². The van der Waals surface area contributed by atoms with Gasteiger partial charge >= 0.3 is 0 Å². The Morgan fingerprint density at radius 2 is 2.16 bits per heavy atom. The molecule has 1 heterocycles. The Kier molecular flexibility index (Phi) is 4.13. The first-order valence-corrected chi connectivity index (χ1v) is 7.89. The zero-order chi connectivity index (χ0) is 13.9. The van der Waals surface area contributed by atoms with Crippen LogP contribution in [0, 0.1) is 6.92 Å². The van der Waals surface area contributed by atoms with Crippen molar-refractivity contribution < 1.29 is 8.42 Å². The van der Waals surface area contributed by atoms with Gasteiger partial charge in [-0.1, -0.05) is 10.6 Å². The van der Waals surface area contributed by atoms with Crippen LogP contribution in [-0.2, 0) is 16.6 Å². The summed E-state index contributed by atoms with van der Waals surface area (Å²) in [6.07, 6.45) is 0. The molecular formula is C11H14N4O2S2. The minimum Gasteiger partial charge on any atom is -0.379 e. The molecule has 2 aromatic rings. The number of aromatic nitrogens is 2. The largest absolute Gasteiger partial charge is 0.379 e. The summed E-state index contributed by atoms with van der Waals surface area (Å²) >= 11 is 1.28. The van der Waals surface area contributed by atoms with E-state index in [1.165, 1.54) is 18.6 Å². The molecule has 1 aromatic heterocycles. The highest BCUT2D eigenvalue weighted by molar-refractivity contribution is 7.89. The summed E-state index contributed by atoms with van der Waals surface area (Å²) in [5.74, 6) is 0. The number of aryl methyl sites for hydroxylation is 1. The molecule has 0 saturated carbocycles. The van der Waals surface area contributed by atoms with Gasteiger partial charge in [-0.15, -0.1) is 5.10 Å². The molecule has 0 aliphatic heterocycles. The predicted octanol–water partition coefficient (Wildman–Crippen LogP) is 1.37. The first-order valence-electron chi connectivity index (χ1n) is 5.57. The summed E-state index contributed by atoms with van der Waals surface area (Å²) < 4.78 is 29.5. The lowest BCUT2D eigenvalue weighted by Gasteiger charge is -2.10. The molecule has 0 atom stereocenters. The molecule has 0 amide bonds. The zero-order valence-corrected chi connectivity index (χ0v) is 12.2. The molecule has 0 unspecified atom stereocenters. The lowest BCUT2D eigenvalue weighted by atomic mass is 10.2. The van der Waals surface area contributed by atoms with Gasteiger partial charge in [0.05, 0.1) is 17.1 Å². The van der Waals surface area contributed by atoms with E-state index in [9.17, 15) is 8.42 Å². The van der Waals surface area contributed by atoms with Crippen molar-refractivity contribution in [1.82, 2.24) is 14.3 Å². The van der Waals surface area contributed by atoms with Gasteiger partial charge in [0.25, 0.3) is 0 Å². The Labute approximate surface area is 116 Å². The Morgan fingerprint density at radius 1 is 1.37 bits per heavy atom. The number of hydrogen-bond acceptors (Lipinski definition) is 6. The van der Waals surface area contributed by atoms with E-state index >= 15 is 0 Å². The van der Waals surface area contributed by atoms with Crippen molar-refractivity contribution in [3.8, 4) is 0 Å². The van der Waals surface area contributed by atoms with E-state index < -0.39 is 10.0 Å². The normalized spacial score (nSPS) is 11.5. The van der Waals surface area contributed by atoms with E-state index in [2.05, 4.69) is 19.6 Å². The van der Waals surface area contributed by atoms with Gasteiger partial charge in [-0.3, -0.25) is 0 Å². The van der Waals surface area contributed by atoms with E-state index in [1.54, 1.807) is 18.2 Å². The minimum absolute atomic E-state index is 0.236. The molecular weight excluding hydrogens is 284 g/mol. The van der Waals surface area contributed by atoms with E-state index in [4.69, 9.17) is 0 Å². The fourth-order valence-electron chi connectivity index (χ4n) is 1.52. The van der Waals surface area contributed by atoms with Gasteiger partial charge in [-0.05, 0) is 43.2 Å². The molecule has 0 spiro atoms. The summed E-state index contributed by atoms with van der Waals surface area (Å²) in [7, 11) is -2.03. The van der Waals surface area contributed by atoms with Crippen molar-refractivity contribution in [2.24, 2.45) is 0 Å². The van der Waals surface area contributed by atoms with Gasteiger partial charge in [0, 0.05) is 11.1 Å². The molecule has 2 rings (SSSR count). The Hall–Kier alpha value is -1.51. The quantitative estimate of drug-likeness (QED) is 0.871. The molecule has 6 nitrogen and oxygen atoms in total. The van der Waals surface area contributed by atoms with Crippen LogP contribution in [0.25, 0.3) is 0 Å². The van der Waals surface area contributed by atoms with Crippen LogP contribution in [-0.4, -0.2) is 25.1 Å². The first kappa shape index (κ1) is 13.9. The Morgan fingerprint density at radius 3 is 2.79 bits per heavy atom. The molecule has 0 saturated heterocycles. The van der Waals surface area contributed by atoms with Crippen LogP contribution in [0.3, 0.4) is 0 Å². The summed E-state index contributed by atoms with van der Waals surface area (Å²) in [5.41, 5.74) is 2.56. The fourth-order valence-corrected chi connectivity index (χ4v) is 2.73. The topological polar surface area (TPSA) is 84.0 Å². The third-order valence-corrected chi connectivity index (χ3v) is 4.62. The van der Waals surface area contributed by atoms with E-state index in [-0.39, 0.29) is 4.90 Å². The van der Waals surface area contributed by atoms with Crippen LogP contribution in [0.4, 0.5) is 5.69 Å². The molecule has 0 aliphatic carbocycles. The summed E-state index contributed by atoms with van der Waals surface area (Å²) in [4.78, 5) is 0.236. The van der Waals surface area contributed by atoms with E-state index in [0.717, 1.165) is 16.9 Å². The Balaban J connectivity index is 2.22. The summed E-state index contributed by atoms with van der Waals surface area (Å²) in [6.45, 7) is 2.43. The summed E-state index contributed by atoms with van der Waals surface area (Å²) in [5, 5.41) is 8.93. The number of sulfonamides is 1. The molecule has 102 valence electrons. The van der Waals surface area contributed by atoms with Gasteiger partial charge in [0.2, 0.25) is 10.0 Å². The Bertz CT molecular complexity index is 653. The smallest absolute Gasteiger partial charge is 0.240 e. The van der Waals surface area contributed by atoms with Crippen molar-refractivity contribution >= 4 is 27.2 Å². The van der Waals surface area contributed by atoms with Gasteiger partial charge in [0.1, 0.15) is 0 Å². The second kappa shape index (κ2) is 5.64. The molecule has 0 aliphatic rings. The van der Waals surface area contributed by atoms with E-state index in [1.807, 2.05) is 12.3 Å². The minimum atomic E-state index is -3.43. The highest BCUT2D eigenvalue weighted by Gasteiger charge is 2.12. The zero-order valence-electron chi connectivity index (χ0n) is 10.5. The van der Waals surface area contributed by atoms with Gasteiger partial charge in [0.15, 0.2) is 0 Å². The lowest BCUT2D eigenvalue weighted by Crippen LogP contribution is -2.18. The number of hydrogen-bond donors (Lipinski definition) is 2. The highest BCUT2D eigenvalue weighted by atomic mass is 32.2. The highest BCUT2D eigenvalue weighted by Crippen LogP contribution is 2.20. The van der Waals surface area contributed by atoms with Crippen LogP contribution < -0.4 is 10.0 Å². The lowest BCUT2D eigenvalue weighted by molar-refractivity contribution is 0.588. The van der Waals surface area contributed by atoms with Crippen molar-refractivity contribution in [2.45, 2.75) is 18.4 Å². The maximum absolute atomic E-state index is 11.7. The van der Waals surface area contributed by atoms with E-state index in [0.29, 0.717) is 6.54 Å². The fraction of sp³-hybridized carbons (Fsp3) is 0.273. The third-order valence-electron chi connectivity index (χ3n) is 2.65. The molecule has 2 N–H and O–H groups in total. The number of benzene rings is 1. The molecule has 0 radical (unpaired) electrons. The van der Waals surface area contributed by atoms with Crippen LogP contribution in [0.5, 0.6) is 0 Å². The third kappa shape index (κ3) is 3.28. The maximum Gasteiger partial charge on any atom is 0.240 e. The standard InChI is InChI=1S/C11H14N4O2S2/c1-8-3-4-10(19(16,17)12-2)5-11(8)13-6-9-7-18-15-14-9/h3-5,7,12-13H,6H2,1-2H3. The van der Waals surface area contributed by atoms with Crippen molar-refractivity contribution in [3.63, 3.8) is 0 Å². The van der Waals surface area contributed by atoms with Crippen molar-refractivity contribution in [2.75, 3.05) is 12.4 Å². The van der Waals surface area contributed by atoms with Crippen LogP contribution >= 0.6 is 11.5 Å². The predicted molar refractivity (Wildman–Crippen MR) is 74.7 cm³/mol. The number of anilines is 1. The second-order valence-corrected chi connectivity index (χ2v) is 6.43. The van der Waals surface area contributed by atoms with Gasteiger partial charge in [-0.2, -0.15) is 0 Å². The van der Waals surface area contributed by atoms with Crippen LogP contribution in [0.2, 0.25) is 0 Å². The number of nitrogens with zero attached hydrogens (tertiary/aromatic N) is 2. The average Bonchev–Trinajstić information content (AvgIpc) is 2.90. The van der Waals surface area contributed by atoms with Gasteiger partial charge in [-0.25, -0.2) is 13.1 Å². The molecule has 0 fully saturated rings. The van der Waals surface area contributed by atoms with Crippen LogP contribution in [0.1, 0.15) is 11.3 Å². The number of rotatable bonds is 5. The number of nitrogens with one attached hydrogen (secondary N) is 2. The SMILES string of the molecule is CNS(=O)(=O)c1ccc(C)c(NCc2csnn2)c1. The first-order chi connectivity index (χ1) is 9.03. The second-order valence-electron chi connectivity index (χ2n) is 3.93. The van der Waals surface area contributed by atoms with Crippen molar-refractivity contribution in [1.29, 1.82) is 0 Å². The molecule has 8 heteroatoms. The van der Waals surface area contributed by atoms with Crippen molar-refractivity contribution in [3.05, 3.63) is 34.8 Å². The monoisotopic (exact) mass is 298 g/mol. The molecule has 19 heavy (non-hydrogen) atoms. The molecule has 0 bridgehead atoms. The van der Waals surface area contributed by atoms with Gasteiger partial charge < -0.3 is 5.32 Å². The average molecular weight is 298 g/mol. The maximum atomic E-state index is 11.7. The summed E-state index contributed by atoms with van der Waals surface area (Å²) in [6, 6.07) is 4.96.